The standard InChI is InChI=1S/C80H103Cl6N11O19S3/c1-95-46-66(63-40-57(81)43-72(84)69(63)49-95)54-7-4-10-60(37-54)117(104,105)90-22-28-113-34-31-110-25-19-87-75(94-103)13-16-80(93-78(100)52-116-53-79(101)102,17-14-76(98)88-20-26-111-32-35-114-29-23-91-118(106,107)61-11-5-8-55(38-61)67-47-96(2)50-70-64(67)41-58(82)44-73(70)85)18-15-77(99)89-21-27-112-33-36-115-30-24-92-119(108,109)62-12-6-9-56(39-62)68-48-97(3)51-71-65(68)42-59(83)45-74(71)86/h4-12,37-45,66-68,90-92,103H,13-36,46-53H2,1-3H3,(H,87,94)(H,88,98)(H,89,99)(H,93,100)(H,101,102)/t66-,67-,68-/m0/s1. The summed E-state index contributed by atoms with van der Waals surface area (Å²) >= 11 is 38.9. The van der Waals surface area contributed by atoms with Crippen molar-refractivity contribution >= 4 is 129 Å². The number of benzene rings is 6. The lowest BCUT2D eigenvalue weighted by molar-refractivity contribution is -0.144. The summed E-state index contributed by atoms with van der Waals surface area (Å²) in [7, 11) is -5.88. The number of amides is 3. The third-order valence-electron chi connectivity index (χ3n) is 20.1. The number of hydrogen-bond donors (Lipinski definition) is 9. The molecule has 39 heteroatoms. The van der Waals surface area contributed by atoms with Gasteiger partial charge in [-0.3, -0.25) is 30.1 Å². The molecule has 3 amide bonds. The lowest BCUT2D eigenvalue weighted by atomic mass is 9.83. The monoisotopic (exact) mass is 1830 g/mol. The Kier molecular flexibility index (Phi) is 38.6. The zero-order valence-electron chi connectivity index (χ0n) is 66.4. The molecule has 0 fully saturated rings. The Morgan fingerprint density at radius 3 is 1.12 bits per heavy atom. The van der Waals surface area contributed by atoms with Gasteiger partial charge in [-0.1, -0.05) is 106 Å². The summed E-state index contributed by atoms with van der Waals surface area (Å²) in [5, 5.41) is 31.2. The second-order valence-electron chi connectivity index (χ2n) is 29.1. The average molecular weight is 1830 g/mol. The van der Waals surface area contributed by atoms with Gasteiger partial charge >= 0.3 is 5.97 Å². The molecule has 9 rings (SSSR count). The summed E-state index contributed by atoms with van der Waals surface area (Å²) in [6, 6.07) is 30.9. The van der Waals surface area contributed by atoms with Crippen molar-refractivity contribution in [1.29, 1.82) is 0 Å². The molecule has 0 aliphatic carbocycles. The van der Waals surface area contributed by atoms with Crippen molar-refractivity contribution < 1.29 is 87.9 Å². The van der Waals surface area contributed by atoms with E-state index >= 15 is 0 Å². The minimum atomic E-state index is -3.93. The van der Waals surface area contributed by atoms with E-state index in [-0.39, 0.29) is 195 Å². The van der Waals surface area contributed by atoms with E-state index in [2.05, 4.69) is 55.3 Å². The number of ether oxygens (including phenoxy) is 7. The second kappa shape index (κ2) is 47.5. The molecule has 0 aromatic heterocycles. The number of hydroxylamine groups is 1. The molecule has 3 aliphatic rings. The fourth-order valence-electron chi connectivity index (χ4n) is 14.4. The van der Waals surface area contributed by atoms with Gasteiger partial charge in [0.25, 0.3) is 0 Å². The number of aliphatic imine (C=N–C) groups is 1. The zero-order chi connectivity index (χ0) is 85.7. The number of rotatable bonds is 50. The number of fused-ring (bicyclic) bond motifs is 3. The topological polar surface area (TPSA) is 382 Å². The van der Waals surface area contributed by atoms with Crippen LogP contribution >= 0.6 is 69.6 Å². The van der Waals surface area contributed by atoms with E-state index in [9.17, 15) is 54.7 Å². The third kappa shape index (κ3) is 30.3. The number of halogens is 6. The lowest BCUT2D eigenvalue weighted by Gasteiger charge is -2.35. The predicted octanol–water partition coefficient (Wildman–Crippen LogP) is 8.58. The van der Waals surface area contributed by atoms with Crippen LogP contribution in [0.15, 0.2) is 129 Å². The van der Waals surface area contributed by atoms with Gasteiger partial charge in [0.1, 0.15) is 19.0 Å². The molecule has 30 nitrogen and oxygen atoms in total. The summed E-state index contributed by atoms with van der Waals surface area (Å²) in [6.07, 6.45) is -0.644. The third-order valence-corrected chi connectivity index (χ3v) is 26.1. The van der Waals surface area contributed by atoms with Crippen LogP contribution < -0.4 is 35.6 Å². The van der Waals surface area contributed by atoms with E-state index in [4.69, 9.17) is 103 Å². The smallest absolute Gasteiger partial charge is 0.329 e. The molecular weight excluding hydrogens is 1730 g/mol. The number of carbonyl (C=O) groups excluding carboxylic acids is 3. The van der Waals surface area contributed by atoms with Gasteiger partial charge < -0.3 is 68.9 Å². The second-order valence-corrected chi connectivity index (χ2v) is 36.9. The number of hydrogen-bond acceptors (Lipinski definition) is 22. The largest absolute Gasteiger partial charge is 0.480 e. The molecule has 0 saturated heterocycles. The Labute approximate surface area is 725 Å². The van der Waals surface area contributed by atoms with Crippen molar-refractivity contribution in [3.05, 3.63) is 189 Å². The quantitative estimate of drug-likeness (QED) is 0.00746. The Balaban J connectivity index is 0.724. The first-order valence-corrected chi connectivity index (χ1v) is 45.5. The normalized spacial score (nSPS) is 16.2. The van der Waals surface area contributed by atoms with Crippen LogP contribution in [-0.4, -0.2) is 258 Å². The van der Waals surface area contributed by atoms with Crippen LogP contribution in [0, 0.1) is 0 Å². The van der Waals surface area contributed by atoms with Crippen LogP contribution in [0.3, 0.4) is 0 Å². The lowest BCUT2D eigenvalue weighted by Crippen LogP contribution is -2.51. The van der Waals surface area contributed by atoms with Crippen LogP contribution in [0.4, 0.5) is 0 Å². The number of aliphatic carboxylic acids is 1. The minimum Gasteiger partial charge on any atom is -0.480 e. The zero-order valence-corrected chi connectivity index (χ0v) is 73.4. The molecule has 119 heavy (non-hydrogen) atoms. The Hall–Kier alpha value is -6.30. The van der Waals surface area contributed by atoms with E-state index in [1.807, 2.05) is 57.5 Å². The van der Waals surface area contributed by atoms with Crippen LogP contribution in [0.25, 0.3) is 0 Å². The molecule has 0 bridgehead atoms. The molecule has 3 heterocycles. The Bertz CT molecular complexity index is 4630. The highest BCUT2D eigenvalue weighted by Crippen LogP contribution is 2.43. The highest BCUT2D eigenvalue weighted by atomic mass is 35.5. The molecule has 0 saturated carbocycles. The number of carbonyl (C=O) groups is 4. The van der Waals surface area contributed by atoms with Crippen LogP contribution in [0.2, 0.25) is 30.1 Å². The molecule has 9 N–H and O–H groups in total. The van der Waals surface area contributed by atoms with Crippen molar-refractivity contribution in [3.8, 4) is 0 Å². The maximum atomic E-state index is 13.7. The van der Waals surface area contributed by atoms with Gasteiger partial charge in [-0.2, -0.15) is 0 Å². The van der Waals surface area contributed by atoms with Gasteiger partial charge in [0, 0.05) is 145 Å². The first-order chi connectivity index (χ1) is 56.9. The number of nitrogens with zero attached hydrogens (tertiary/aromatic N) is 4. The minimum absolute atomic E-state index is 0.0265. The van der Waals surface area contributed by atoms with Crippen molar-refractivity contribution in [2.45, 2.75) is 96.1 Å². The number of sulfonamides is 3. The summed E-state index contributed by atoms with van der Waals surface area (Å²) in [5.41, 5.74) is 8.73. The number of carboxylic acid groups (broad SMARTS) is 1. The highest BCUT2D eigenvalue weighted by Gasteiger charge is 2.36. The average Bonchev–Trinajstić information content (AvgIpc) is 0.780. The molecule has 0 radical (unpaired) electrons. The number of amidine groups is 1. The Morgan fingerprint density at radius 2 is 0.773 bits per heavy atom. The first-order valence-electron chi connectivity index (χ1n) is 38.7. The van der Waals surface area contributed by atoms with Crippen molar-refractivity contribution in [3.63, 3.8) is 0 Å². The fourth-order valence-corrected chi connectivity index (χ4v) is 19.3. The van der Waals surface area contributed by atoms with E-state index in [1.54, 1.807) is 54.6 Å². The summed E-state index contributed by atoms with van der Waals surface area (Å²) in [6.45, 7) is 3.23. The SMILES string of the molecule is CN1Cc2c(Cl)cc(Cl)cc2[C@H](c2cccc(S(=O)(=O)NCCOCCOCCN=C(CCC(CCC(=O)NCCOCCOCCNS(=O)(=O)c3cccc([C@@H]4CN(C)Cc5c(Cl)cc(Cl)cc54)c3)(CCC(=O)NCCOCCOCCNS(=O)(=O)c3cccc([C@@H]4CN(C)Cc5c(Cl)cc(Cl)cc54)c3)NC(=O)COCC(=O)O)NO)c2)C1. The first kappa shape index (κ1) is 96.5. The summed E-state index contributed by atoms with van der Waals surface area (Å²) in [4.78, 5) is 63.3. The van der Waals surface area contributed by atoms with E-state index in [1.165, 1.54) is 18.2 Å². The van der Waals surface area contributed by atoms with Crippen LogP contribution in [-0.2, 0) is 102 Å². The van der Waals surface area contributed by atoms with Gasteiger partial charge in [-0.05, 0) is 163 Å². The molecule has 6 aromatic carbocycles. The van der Waals surface area contributed by atoms with Crippen molar-refractivity contribution in [2.24, 2.45) is 4.99 Å². The van der Waals surface area contributed by atoms with Gasteiger partial charge in [0.2, 0.25) is 47.8 Å². The van der Waals surface area contributed by atoms with E-state index in [0.29, 0.717) is 69.4 Å². The maximum absolute atomic E-state index is 13.7. The number of nitrogens with one attached hydrogen (secondary N) is 7. The maximum Gasteiger partial charge on any atom is 0.329 e. The van der Waals surface area contributed by atoms with Crippen molar-refractivity contribution in [2.75, 3.05) is 173 Å². The molecule has 6 aromatic rings. The van der Waals surface area contributed by atoms with Gasteiger partial charge in [-0.15, -0.1) is 0 Å². The van der Waals surface area contributed by atoms with Gasteiger partial charge in [0.15, 0.2) is 0 Å². The molecule has 0 spiro atoms. The summed E-state index contributed by atoms with van der Waals surface area (Å²) < 4.78 is 128. The molecule has 652 valence electrons. The molecule has 0 unspecified atom stereocenters. The van der Waals surface area contributed by atoms with Gasteiger partial charge in [-0.25, -0.2) is 44.2 Å². The van der Waals surface area contributed by atoms with Crippen LogP contribution in [0.5, 0.6) is 0 Å². The predicted molar refractivity (Wildman–Crippen MR) is 454 cm³/mol. The van der Waals surface area contributed by atoms with Gasteiger partial charge in [0.05, 0.1) is 101 Å². The molecule has 3 aliphatic heterocycles. The van der Waals surface area contributed by atoms with E-state index in [0.717, 1.165) is 50.1 Å². The number of carboxylic acids is 1. The van der Waals surface area contributed by atoms with E-state index < -0.39 is 72.5 Å². The fraction of sp³-hybridized carbons (Fsp3) is 0.487. The molecular formula is C80H103Cl6N11O19S3. The summed E-state index contributed by atoms with van der Waals surface area (Å²) in [5.74, 6) is -3.46. The highest BCUT2D eigenvalue weighted by molar-refractivity contribution is 7.90. The number of likely N-dealkylation sites (N-methyl/N-ethyl adjacent to an activating group) is 3. The van der Waals surface area contributed by atoms with Crippen LogP contribution in [0.1, 0.15) is 106 Å². The van der Waals surface area contributed by atoms with Crippen molar-refractivity contribution in [1.82, 2.24) is 50.3 Å². The molecule has 3 atom stereocenters. The Morgan fingerprint density at radius 1 is 0.437 bits per heavy atom.